The molecule has 1 aliphatic carbocycles. The normalized spacial score (nSPS) is 22.1. The molecule has 20 heavy (non-hydrogen) atoms. The third-order valence-corrected chi connectivity index (χ3v) is 7.43. The Morgan fingerprint density at radius 1 is 1.25 bits per heavy atom. The van der Waals surface area contributed by atoms with Crippen LogP contribution in [0.3, 0.4) is 0 Å². The van der Waals surface area contributed by atoms with E-state index >= 15 is 0 Å². The van der Waals surface area contributed by atoms with E-state index in [0.29, 0.717) is 19.0 Å². The Morgan fingerprint density at radius 3 is 2.25 bits per heavy atom. The van der Waals surface area contributed by atoms with E-state index in [9.17, 15) is 8.76 Å². The van der Waals surface area contributed by atoms with Gasteiger partial charge in [0.15, 0.2) is 0 Å². The van der Waals surface area contributed by atoms with Crippen LogP contribution in [0, 0.1) is 5.92 Å². The van der Waals surface area contributed by atoms with Gasteiger partial charge in [0.1, 0.15) is 4.93 Å². The zero-order valence-electron chi connectivity index (χ0n) is 13.2. The van der Waals surface area contributed by atoms with E-state index in [-0.39, 0.29) is 0 Å². The third kappa shape index (κ3) is 5.32. The molecule has 6 heteroatoms. The van der Waals surface area contributed by atoms with Crippen LogP contribution in [0.4, 0.5) is 4.20 Å². The first-order valence-corrected chi connectivity index (χ1v) is 10.2. The summed E-state index contributed by atoms with van der Waals surface area (Å²) in [6, 6.07) is 0. The summed E-state index contributed by atoms with van der Waals surface area (Å²) in [5.41, 5.74) is 0. The van der Waals surface area contributed by atoms with Crippen LogP contribution < -0.4 is 0 Å². The van der Waals surface area contributed by atoms with E-state index in [1.54, 1.807) is 11.8 Å². The van der Waals surface area contributed by atoms with E-state index in [1.165, 1.54) is 4.67 Å². The van der Waals surface area contributed by atoms with Crippen LogP contribution in [0.5, 0.6) is 0 Å². The van der Waals surface area contributed by atoms with E-state index in [0.717, 1.165) is 37.9 Å². The summed E-state index contributed by atoms with van der Waals surface area (Å²) in [6.45, 7) is 8.73. The number of hydrogen-bond acceptors (Lipinski definition) is 3. The largest absolute Gasteiger partial charge is 0.446 e. The van der Waals surface area contributed by atoms with Crippen LogP contribution in [0.25, 0.3) is 0 Å². The first kappa shape index (κ1) is 18.5. The van der Waals surface area contributed by atoms with Crippen molar-refractivity contribution in [3.8, 4) is 0 Å². The summed E-state index contributed by atoms with van der Waals surface area (Å²) in [5.74, 6) is 1.44. The Kier molecular flexibility index (Phi) is 7.54. The fourth-order valence-electron chi connectivity index (χ4n) is 2.50. The van der Waals surface area contributed by atoms with Gasteiger partial charge < -0.3 is 0 Å². The minimum Gasteiger partial charge on any atom is -0.276 e. The van der Waals surface area contributed by atoms with Crippen LogP contribution in [0.2, 0.25) is 0 Å². The van der Waals surface area contributed by atoms with Gasteiger partial charge >= 0.3 is 7.83 Å². The van der Waals surface area contributed by atoms with Crippen molar-refractivity contribution < 1.29 is 13.3 Å². The summed E-state index contributed by atoms with van der Waals surface area (Å²) >= 11 is 1.66. The van der Waals surface area contributed by atoms with Crippen molar-refractivity contribution in [3.05, 3.63) is 0 Å². The lowest BCUT2D eigenvalue weighted by atomic mass is 9.97. The summed E-state index contributed by atoms with van der Waals surface area (Å²) in [5, 5.41) is 0. The Morgan fingerprint density at radius 2 is 1.80 bits per heavy atom. The third-order valence-electron chi connectivity index (χ3n) is 3.64. The van der Waals surface area contributed by atoms with Crippen LogP contribution in [0.15, 0.2) is 0 Å². The summed E-state index contributed by atoms with van der Waals surface area (Å²) < 4.78 is 33.8. The predicted octanol–water partition coefficient (Wildman–Crippen LogP) is 5.47. The van der Waals surface area contributed by atoms with E-state index in [1.807, 2.05) is 13.8 Å². The molecule has 0 bridgehead atoms. The molecule has 0 aromatic rings. The molecule has 0 spiro atoms. The highest BCUT2D eigenvalue weighted by Gasteiger charge is 2.43. The monoisotopic (exact) mass is 325 g/mol. The molecule has 0 N–H and O–H groups in total. The summed E-state index contributed by atoms with van der Waals surface area (Å²) in [6.07, 6.45) is 4.83. The maximum atomic E-state index is 14.6. The molecule has 0 amide bonds. The van der Waals surface area contributed by atoms with Gasteiger partial charge in [0, 0.05) is 13.1 Å². The maximum Gasteiger partial charge on any atom is 0.446 e. The second-order valence-electron chi connectivity index (χ2n) is 5.86. The Labute approximate surface area is 127 Å². The Hall–Kier alpha value is 0.430. The Bertz CT molecular complexity index is 331. The second kappa shape index (κ2) is 8.17. The van der Waals surface area contributed by atoms with Crippen molar-refractivity contribution in [3.63, 3.8) is 0 Å². The highest BCUT2D eigenvalue weighted by molar-refractivity contribution is 8.00. The molecule has 1 unspecified atom stereocenters. The highest BCUT2D eigenvalue weighted by Crippen LogP contribution is 2.60. The molecule has 1 saturated carbocycles. The molecule has 0 aromatic heterocycles. The van der Waals surface area contributed by atoms with Crippen molar-refractivity contribution in [1.29, 1.82) is 0 Å². The molecular formula is C14H29FNO2PS. The molecule has 0 aliphatic heterocycles. The molecule has 1 rings (SSSR count). The summed E-state index contributed by atoms with van der Waals surface area (Å²) in [4.78, 5) is -0.588. The topological polar surface area (TPSA) is 29.5 Å². The van der Waals surface area contributed by atoms with Gasteiger partial charge in [-0.25, -0.2) is 9.24 Å². The second-order valence-corrected chi connectivity index (χ2v) is 8.87. The Balaban J connectivity index is 2.80. The molecule has 0 saturated heterocycles. The van der Waals surface area contributed by atoms with Crippen molar-refractivity contribution in [2.45, 2.75) is 64.7 Å². The highest BCUT2D eigenvalue weighted by atomic mass is 32.2. The lowest BCUT2D eigenvalue weighted by molar-refractivity contribution is 0.0949. The molecule has 0 aromatic carbocycles. The lowest BCUT2D eigenvalue weighted by Crippen LogP contribution is -2.33. The molecule has 0 heterocycles. The quantitative estimate of drug-likeness (QED) is 0.437. The maximum absolute atomic E-state index is 14.6. The van der Waals surface area contributed by atoms with Gasteiger partial charge in [0.05, 0.1) is 0 Å². The van der Waals surface area contributed by atoms with Crippen molar-refractivity contribution in [2.24, 2.45) is 5.92 Å². The average molecular weight is 325 g/mol. The number of nitrogens with zero attached hydrogens (tertiary/aromatic N) is 1. The molecule has 1 aliphatic rings. The number of halogens is 1. The minimum absolute atomic E-state index is 0.412. The zero-order chi connectivity index (χ0) is 15.2. The van der Waals surface area contributed by atoms with Gasteiger partial charge in [-0.15, -0.1) is 16.0 Å². The fraction of sp³-hybridized carbons (Fsp3) is 1.00. The van der Waals surface area contributed by atoms with Gasteiger partial charge in [-0.2, -0.15) is 0 Å². The molecule has 1 fully saturated rings. The van der Waals surface area contributed by atoms with Gasteiger partial charge in [-0.1, -0.05) is 34.1 Å². The number of hydrogen-bond donors (Lipinski definition) is 0. The van der Waals surface area contributed by atoms with Crippen molar-refractivity contribution in [1.82, 2.24) is 4.67 Å². The van der Waals surface area contributed by atoms with Crippen molar-refractivity contribution in [2.75, 3.05) is 18.8 Å². The minimum atomic E-state index is -4.18. The molecular weight excluding hydrogens is 296 g/mol. The predicted molar refractivity (Wildman–Crippen MR) is 85.8 cm³/mol. The van der Waals surface area contributed by atoms with Gasteiger partial charge in [0.2, 0.25) is 0 Å². The lowest BCUT2D eigenvalue weighted by Gasteiger charge is -2.39. The molecule has 0 radical (unpaired) electrons. The van der Waals surface area contributed by atoms with Crippen molar-refractivity contribution >= 4 is 19.6 Å². The standard InChI is InChI=1S/C14H29FNO2PS/c1-5-16(6-2)19(15,17)18-14(20-12-13(3)4)10-8-7-9-11-14/h13H,5-12H2,1-4H3. The average Bonchev–Trinajstić information content (AvgIpc) is 2.38. The zero-order valence-corrected chi connectivity index (χ0v) is 14.9. The SMILES string of the molecule is CCN(CC)P(=O)(F)OC1(SCC(C)C)CCCCC1. The van der Waals surface area contributed by atoms with E-state index in [2.05, 4.69) is 13.8 Å². The van der Waals surface area contributed by atoms with Crippen LogP contribution in [-0.2, 0) is 9.09 Å². The first-order valence-electron chi connectivity index (χ1n) is 7.75. The van der Waals surface area contributed by atoms with E-state index in [4.69, 9.17) is 4.52 Å². The van der Waals surface area contributed by atoms with Gasteiger partial charge in [-0.05, 0) is 37.4 Å². The molecule has 120 valence electrons. The van der Waals surface area contributed by atoms with Crippen LogP contribution >= 0.6 is 19.6 Å². The molecule has 1 atom stereocenters. The molecule has 3 nitrogen and oxygen atoms in total. The first-order chi connectivity index (χ1) is 9.35. The van der Waals surface area contributed by atoms with Crippen LogP contribution in [0.1, 0.15) is 59.8 Å². The smallest absolute Gasteiger partial charge is 0.276 e. The summed E-state index contributed by atoms with van der Waals surface area (Å²) in [7, 11) is -4.18. The van der Waals surface area contributed by atoms with E-state index < -0.39 is 12.8 Å². The number of thioether (sulfide) groups is 1. The number of rotatable bonds is 8. The van der Waals surface area contributed by atoms with Crippen LogP contribution in [-0.4, -0.2) is 28.4 Å². The van der Waals surface area contributed by atoms with Gasteiger partial charge in [0.25, 0.3) is 0 Å². The fourth-order valence-corrected chi connectivity index (χ4v) is 5.58. The van der Waals surface area contributed by atoms with Gasteiger partial charge in [-0.3, -0.25) is 4.52 Å².